The molecule has 0 aliphatic carbocycles. The minimum atomic E-state index is -1.37. The smallest absolute Gasteiger partial charge is 0.451 e. The van der Waals surface area contributed by atoms with Gasteiger partial charge in [-0.05, 0) is 37.5 Å². The molecule has 0 saturated carbocycles. The van der Waals surface area contributed by atoms with E-state index in [2.05, 4.69) is 10.6 Å². The van der Waals surface area contributed by atoms with Gasteiger partial charge >= 0.3 is 13.1 Å². The van der Waals surface area contributed by atoms with E-state index >= 15 is 0 Å². The normalized spacial score (nSPS) is 25.3. The van der Waals surface area contributed by atoms with Gasteiger partial charge in [0.2, 0.25) is 5.91 Å². The number of nitrogens with two attached hydrogens (primary N) is 1. The van der Waals surface area contributed by atoms with Gasteiger partial charge < -0.3 is 31.5 Å². The molecule has 2 unspecified atom stereocenters. The number of carbonyl (C=O) groups is 2. The molecule has 1 aliphatic rings. The number of rotatable bonds is 8. The highest BCUT2D eigenvalue weighted by atomic mass is 16.4. The Labute approximate surface area is 149 Å². The molecule has 1 saturated heterocycles. The second-order valence-corrected chi connectivity index (χ2v) is 8.08. The fraction of sp³-hybridized carbons (Fsp3) is 0.875. The molecule has 3 atom stereocenters. The molecule has 0 spiro atoms. The number of carboxylic acid groups (broad SMARTS) is 1. The van der Waals surface area contributed by atoms with Crippen LogP contribution in [-0.2, 0) is 9.59 Å². The lowest BCUT2D eigenvalue weighted by molar-refractivity contribution is -0.147. The Morgan fingerprint density at radius 2 is 2.00 bits per heavy atom. The van der Waals surface area contributed by atoms with Gasteiger partial charge in [-0.3, -0.25) is 9.59 Å². The SMILES string of the molecule is CC(C)(C)[C@H](N)C(=O)NC1CCNC(CCCCB(O)O)(C(=O)O)C1. The van der Waals surface area contributed by atoms with Crippen molar-refractivity contribution in [2.45, 2.75) is 76.8 Å². The fourth-order valence-electron chi connectivity index (χ4n) is 3.10. The predicted molar refractivity (Wildman–Crippen MR) is 95.8 cm³/mol. The molecule has 25 heavy (non-hydrogen) atoms. The zero-order valence-corrected chi connectivity index (χ0v) is 15.4. The van der Waals surface area contributed by atoms with Gasteiger partial charge in [0, 0.05) is 6.04 Å². The second-order valence-electron chi connectivity index (χ2n) is 8.08. The molecule has 0 bridgehead atoms. The van der Waals surface area contributed by atoms with Gasteiger partial charge in [0.15, 0.2) is 0 Å². The third-order valence-electron chi connectivity index (χ3n) is 4.84. The number of hydrogen-bond acceptors (Lipinski definition) is 6. The Bertz CT molecular complexity index is 469. The zero-order chi connectivity index (χ0) is 19.3. The zero-order valence-electron chi connectivity index (χ0n) is 15.4. The lowest BCUT2D eigenvalue weighted by Gasteiger charge is -2.40. The van der Waals surface area contributed by atoms with Crippen LogP contribution in [0.2, 0.25) is 6.32 Å². The van der Waals surface area contributed by atoms with Crippen LogP contribution in [0.1, 0.15) is 52.9 Å². The first-order valence-corrected chi connectivity index (χ1v) is 8.88. The van der Waals surface area contributed by atoms with Crippen LogP contribution in [0.3, 0.4) is 0 Å². The van der Waals surface area contributed by atoms with Crippen molar-refractivity contribution in [1.82, 2.24) is 10.6 Å². The van der Waals surface area contributed by atoms with Crippen molar-refractivity contribution in [2.75, 3.05) is 6.54 Å². The van der Waals surface area contributed by atoms with Gasteiger partial charge in [0.1, 0.15) is 5.54 Å². The first-order chi connectivity index (χ1) is 11.5. The van der Waals surface area contributed by atoms with Gasteiger partial charge in [0.05, 0.1) is 6.04 Å². The fourth-order valence-corrected chi connectivity index (χ4v) is 3.10. The minimum Gasteiger partial charge on any atom is -0.480 e. The Hall–Kier alpha value is -1.16. The topological polar surface area (TPSA) is 145 Å². The van der Waals surface area contributed by atoms with Crippen LogP contribution in [0.15, 0.2) is 0 Å². The van der Waals surface area contributed by atoms with E-state index in [9.17, 15) is 14.7 Å². The maximum Gasteiger partial charge on any atom is 0.451 e. The highest BCUT2D eigenvalue weighted by Gasteiger charge is 2.43. The summed E-state index contributed by atoms with van der Waals surface area (Å²) in [7, 11) is -1.37. The lowest BCUT2D eigenvalue weighted by atomic mass is 9.78. The summed E-state index contributed by atoms with van der Waals surface area (Å²) in [5, 5.41) is 33.4. The Morgan fingerprint density at radius 1 is 1.36 bits per heavy atom. The third-order valence-corrected chi connectivity index (χ3v) is 4.84. The number of hydrogen-bond donors (Lipinski definition) is 6. The molecule has 0 aromatic rings. The number of amides is 1. The van der Waals surface area contributed by atoms with E-state index in [-0.39, 0.29) is 30.1 Å². The van der Waals surface area contributed by atoms with Crippen molar-refractivity contribution < 1.29 is 24.7 Å². The van der Waals surface area contributed by atoms with Gasteiger partial charge in [-0.1, -0.05) is 33.6 Å². The summed E-state index contributed by atoms with van der Waals surface area (Å²) in [6.07, 6.45) is 2.60. The first kappa shape index (κ1) is 21.9. The van der Waals surface area contributed by atoms with Crippen molar-refractivity contribution in [3.05, 3.63) is 0 Å². The van der Waals surface area contributed by atoms with Crippen molar-refractivity contribution in [3.8, 4) is 0 Å². The Balaban J connectivity index is 2.67. The summed E-state index contributed by atoms with van der Waals surface area (Å²) in [5.74, 6) is -1.21. The monoisotopic (exact) mass is 357 g/mol. The van der Waals surface area contributed by atoms with E-state index in [1.165, 1.54) is 0 Å². The molecule has 1 rings (SSSR count). The van der Waals surface area contributed by atoms with E-state index in [1.807, 2.05) is 20.8 Å². The van der Waals surface area contributed by atoms with Crippen LogP contribution in [0.4, 0.5) is 0 Å². The highest BCUT2D eigenvalue weighted by Crippen LogP contribution is 2.27. The van der Waals surface area contributed by atoms with Crippen LogP contribution in [0.25, 0.3) is 0 Å². The predicted octanol–water partition coefficient (Wildman–Crippen LogP) is -0.305. The third kappa shape index (κ3) is 6.58. The summed E-state index contributed by atoms with van der Waals surface area (Å²) >= 11 is 0. The van der Waals surface area contributed by atoms with Gasteiger partial charge in [-0.15, -0.1) is 0 Å². The maximum atomic E-state index is 12.3. The number of aliphatic carboxylic acids is 1. The quantitative estimate of drug-likeness (QED) is 0.258. The summed E-state index contributed by atoms with van der Waals surface area (Å²) in [4.78, 5) is 24.1. The van der Waals surface area contributed by atoms with E-state index in [4.69, 9.17) is 15.8 Å². The Kier molecular flexibility index (Phi) is 7.86. The number of nitrogens with one attached hydrogen (secondary N) is 2. The molecule has 8 nitrogen and oxygen atoms in total. The first-order valence-electron chi connectivity index (χ1n) is 8.88. The number of unbranched alkanes of at least 4 members (excludes halogenated alkanes) is 1. The number of carbonyl (C=O) groups excluding carboxylic acids is 1. The van der Waals surface area contributed by atoms with Gasteiger partial charge in [-0.2, -0.15) is 0 Å². The molecule has 1 fully saturated rings. The summed E-state index contributed by atoms with van der Waals surface area (Å²) in [6, 6.07) is -0.908. The molecule has 0 aromatic heterocycles. The molecule has 1 heterocycles. The molecular formula is C16H32BN3O5. The molecule has 0 aromatic carbocycles. The van der Waals surface area contributed by atoms with Crippen LogP contribution >= 0.6 is 0 Å². The molecule has 144 valence electrons. The Morgan fingerprint density at radius 3 is 2.52 bits per heavy atom. The van der Waals surface area contributed by atoms with Crippen molar-refractivity contribution in [3.63, 3.8) is 0 Å². The van der Waals surface area contributed by atoms with E-state index in [1.54, 1.807) is 0 Å². The standard InChI is InChI=1S/C16H32BN3O5/c1-15(2,3)12(18)13(21)20-11-6-9-19-16(10-11,14(22)23)7-4-5-8-17(24)25/h11-12,19,24-25H,4-10,18H2,1-3H3,(H,20,21)(H,22,23)/t11?,12-,16?/m1/s1. The highest BCUT2D eigenvalue weighted by molar-refractivity contribution is 6.40. The van der Waals surface area contributed by atoms with E-state index in [0.29, 0.717) is 32.2 Å². The molecule has 9 heteroatoms. The molecule has 1 amide bonds. The molecule has 7 N–H and O–H groups in total. The van der Waals surface area contributed by atoms with Crippen molar-refractivity contribution in [1.29, 1.82) is 0 Å². The average molecular weight is 357 g/mol. The summed E-state index contributed by atoms with van der Waals surface area (Å²) < 4.78 is 0. The minimum absolute atomic E-state index is 0.219. The summed E-state index contributed by atoms with van der Waals surface area (Å²) in [5.41, 5.74) is 4.50. The van der Waals surface area contributed by atoms with Gasteiger partial charge in [-0.25, -0.2) is 0 Å². The maximum absolute atomic E-state index is 12.3. The molecular weight excluding hydrogens is 325 g/mol. The summed E-state index contributed by atoms with van der Waals surface area (Å²) in [6.45, 7) is 6.15. The van der Waals surface area contributed by atoms with Gasteiger partial charge in [0.25, 0.3) is 0 Å². The number of piperidine rings is 1. The molecule has 0 radical (unpaired) electrons. The van der Waals surface area contributed by atoms with Crippen LogP contribution in [-0.4, -0.2) is 58.3 Å². The largest absolute Gasteiger partial charge is 0.480 e. The average Bonchev–Trinajstić information content (AvgIpc) is 2.50. The molecule has 1 aliphatic heterocycles. The van der Waals surface area contributed by atoms with Crippen LogP contribution in [0.5, 0.6) is 0 Å². The second kappa shape index (κ2) is 8.98. The van der Waals surface area contributed by atoms with E-state index in [0.717, 1.165) is 0 Å². The van der Waals surface area contributed by atoms with Crippen molar-refractivity contribution in [2.24, 2.45) is 11.1 Å². The van der Waals surface area contributed by atoms with E-state index < -0.39 is 24.7 Å². The number of carboxylic acids is 1. The van der Waals surface area contributed by atoms with Crippen molar-refractivity contribution >= 4 is 19.0 Å². The van der Waals surface area contributed by atoms with Crippen LogP contribution < -0.4 is 16.4 Å². The van der Waals surface area contributed by atoms with Crippen LogP contribution in [0, 0.1) is 5.41 Å². The lowest BCUT2D eigenvalue weighted by Crippen LogP contribution is -2.62.